The average Bonchev–Trinajstić information content (AvgIpc) is 2.54. The van der Waals surface area contributed by atoms with Crippen molar-refractivity contribution in [3.8, 4) is 11.5 Å². The lowest BCUT2D eigenvalue weighted by molar-refractivity contribution is 0.171. The molecule has 3 rings (SSSR count). The highest BCUT2D eigenvalue weighted by atomic mass is 32.1. The molecule has 0 fully saturated rings. The lowest BCUT2D eigenvalue weighted by Crippen LogP contribution is -2.28. The maximum atomic E-state index is 5.56. The van der Waals surface area contributed by atoms with Crippen LogP contribution >= 0.6 is 12.2 Å². The van der Waals surface area contributed by atoms with Gasteiger partial charge in [0.15, 0.2) is 16.6 Å². The number of nitrogens with one attached hydrogen (secondary N) is 2. The number of rotatable bonds is 3. The molecule has 0 unspecified atom stereocenters. The summed E-state index contributed by atoms with van der Waals surface area (Å²) in [7, 11) is 0. The van der Waals surface area contributed by atoms with Crippen LogP contribution in [0.25, 0.3) is 0 Å². The predicted molar refractivity (Wildman–Crippen MR) is 91.7 cm³/mol. The smallest absolute Gasteiger partial charge is 0.171 e. The first kappa shape index (κ1) is 14.7. The Bertz CT molecular complexity index is 688. The molecule has 0 aliphatic carbocycles. The molecule has 0 bridgehead atoms. The van der Waals surface area contributed by atoms with Crippen LogP contribution in [0.4, 0.5) is 5.69 Å². The lowest BCUT2D eigenvalue weighted by Gasteiger charge is -2.19. The molecule has 1 aliphatic heterocycles. The molecular formula is C17H18N2O2S. The van der Waals surface area contributed by atoms with Crippen molar-refractivity contribution in [2.75, 3.05) is 18.5 Å². The molecule has 22 heavy (non-hydrogen) atoms. The number of hydrogen-bond acceptors (Lipinski definition) is 3. The molecule has 0 amide bonds. The van der Waals surface area contributed by atoms with E-state index in [4.69, 9.17) is 21.7 Å². The summed E-state index contributed by atoms with van der Waals surface area (Å²) in [6, 6.07) is 14.0. The van der Waals surface area contributed by atoms with E-state index in [9.17, 15) is 0 Å². The summed E-state index contributed by atoms with van der Waals surface area (Å²) in [5, 5.41) is 6.97. The van der Waals surface area contributed by atoms with Crippen molar-refractivity contribution < 1.29 is 9.47 Å². The standard InChI is InChI=1S/C17H18N2O2S/c1-12-4-2-3-5-13(12)11-18-17(22)19-14-6-7-15-16(10-14)21-9-8-20-15/h2-7,10H,8-9,11H2,1H3,(H2,18,19,22). The zero-order valence-corrected chi connectivity index (χ0v) is 13.2. The van der Waals surface area contributed by atoms with E-state index in [0.717, 1.165) is 17.2 Å². The molecule has 2 aromatic carbocycles. The van der Waals surface area contributed by atoms with Crippen LogP contribution in [-0.2, 0) is 6.54 Å². The van der Waals surface area contributed by atoms with Crippen LogP contribution in [0.1, 0.15) is 11.1 Å². The average molecular weight is 314 g/mol. The van der Waals surface area contributed by atoms with Gasteiger partial charge in [-0.25, -0.2) is 0 Å². The van der Waals surface area contributed by atoms with Gasteiger partial charge in [-0.3, -0.25) is 0 Å². The van der Waals surface area contributed by atoms with Crippen molar-refractivity contribution in [2.24, 2.45) is 0 Å². The molecule has 2 aromatic rings. The topological polar surface area (TPSA) is 42.5 Å². The van der Waals surface area contributed by atoms with E-state index in [1.165, 1.54) is 11.1 Å². The van der Waals surface area contributed by atoms with Crippen LogP contribution < -0.4 is 20.1 Å². The molecule has 0 saturated heterocycles. The van der Waals surface area contributed by atoms with E-state index in [1.54, 1.807) is 0 Å². The number of hydrogen-bond donors (Lipinski definition) is 2. The Morgan fingerprint density at radius 3 is 2.68 bits per heavy atom. The number of fused-ring (bicyclic) bond motifs is 1. The third-order valence-corrected chi connectivity index (χ3v) is 3.75. The molecule has 5 heteroatoms. The van der Waals surface area contributed by atoms with E-state index >= 15 is 0 Å². The molecule has 0 saturated carbocycles. The van der Waals surface area contributed by atoms with E-state index in [-0.39, 0.29) is 0 Å². The summed E-state index contributed by atoms with van der Waals surface area (Å²) in [6.45, 7) is 3.96. The maximum absolute atomic E-state index is 5.56. The fraction of sp³-hybridized carbons (Fsp3) is 0.235. The van der Waals surface area contributed by atoms with Crippen LogP contribution in [0.15, 0.2) is 42.5 Å². The van der Waals surface area contributed by atoms with Gasteiger partial charge in [-0.05, 0) is 42.4 Å². The molecule has 1 aliphatic rings. The molecule has 1 heterocycles. The second-order valence-corrected chi connectivity index (χ2v) is 5.50. The molecule has 0 spiro atoms. The van der Waals surface area contributed by atoms with E-state index < -0.39 is 0 Å². The molecule has 0 radical (unpaired) electrons. The minimum Gasteiger partial charge on any atom is -0.486 e. The van der Waals surface area contributed by atoms with Gasteiger partial charge in [-0.15, -0.1) is 0 Å². The van der Waals surface area contributed by atoms with Crippen molar-refractivity contribution in [3.63, 3.8) is 0 Å². The van der Waals surface area contributed by atoms with Crippen LogP contribution in [0.3, 0.4) is 0 Å². The second-order valence-electron chi connectivity index (χ2n) is 5.09. The number of aryl methyl sites for hydroxylation is 1. The van der Waals surface area contributed by atoms with Gasteiger partial charge in [0.25, 0.3) is 0 Å². The summed E-state index contributed by atoms with van der Waals surface area (Å²) < 4.78 is 11.1. The van der Waals surface area contributed by atoms with E-state index in [2.05, 4.69) is 29.7 Å². The Balaban J connectivity index is 1.59. The fourth-order valence-electron chi connectivity index (χ4n) is 2.28. The third kappa shape index (κ3) is 3.49. The summed E-state index contributed by atoms with van der Waals surface area (Å²) in [6.07, 6.45) is 0. The maximum Gasteiger partial charge on any atom is 0.171 e. The van der Waals surface area contributed by atoms with Crippen LogP contribution in [-0.4, -0.2) is 18.3 Å². The predicted octanol–water partition coefficient (Wildman–Crippen LogP) is 3.25. The minimum absolute atomic E-state index is 0.576. The highest BCUT2D eigenvalue weighted by Crippen LogP contribution is 2.32. The summed E-state index contributed by atoms with van der Waals surface area (Å²) in [5.74, 6) is 1.52. The van der Waals surface area contributed by atoms with Gasteiger partial charge < -0.3 is 20.1 Å². The highest BCUT2D eigenvalue weighted by molar-refractivity contribution is 7.80. The zero-order valence-electron chi connectivity index (χ0n) is 12.4. The van der Waals surface area contributed by atoms with Crippen molar-refractivity contribution >= 4 is 23.0 Å². The first-order valence-electron chi connectivity index (χ1n) is 7.21. The number of benzene rings is 2. The van der Waals surface area contributed by atoms with Gasteiger partial charge in [0.05, 0.1) is 0 Å². The molecule has 0 atom stereocenters. The minimum atomic E-state index is 0.576. The fourth-order valence-corrected chi connectivity index (χ4v) is 2.47. The Labute approximate surface area is 135 Å². The Morgan fingerprint density at radius 2 is 1.86 bits per heavy atom. The summed E-state index contributed by atoms with van der Waals surface area (Å²) in [5.41, 5.74) is 3.36. The van der Waals surface area contributed by atoms with Gasteiger partial charge >= 0.3 is 0 Å². The number of anilines is 1. The van der Waals surface area contributed by atoms with E-state index in [0.29, 0.717) is 24.9 Å². The van der Waals surface area contributed by atoms with Crippen LogP contribution in [0, 0.1) is 6.92 Å². The monoisotopic (exact) mass is 314 g/mol. The van der Waals surface area contributed by atoms with Gasteiger partial charge in [0, 0.05) is 18.3 Å². The SMILES string of the molecule is Cc1ccccc1CNC(=S)Nc1ccc2c(c1)OCCO2. The van der Waals surface area contributed by atoms with Crippen molar-refractivity contribution in [3.05, 3.63) is 53.6 Å². The van der Waals surface area contributed by atoms with Gasteiger partial charge in [-0.1, -0.05) is 24.3 Å². The van der Waals surface area contributed by atoms with Gasteiger partial charge in [0.2, 0.25) is 0 Å². The molecule has 0 aromatic heterocycles. The molecule has 2 N–H and O–H groups in total. The number of thiocarbonyl (C=S) groups is 1. The van der Waals surface area contributed by atoms with Gasteiger partial charge in [-0.2, -0.15) is 0 Å². The van der Waals surface area contributed by atoms with Crippen molar-refractivity contribution in [1.82, 2.24) is 5.32 Å². The Kier molecular flexibility index (Phi) is 4.44. The first-order chi connectivity index (χ1) is 10.7. The second kappa shape index (κ2) is 6.66. The third-order valence-electron chi connectivity index (χ3n) is 3.50. The lowest BCUT2D eigenvalue weighted by atomic mass is 10.1. The number of ether oxygens (including phenoxy) is 2. The van der Waals surface area contributed by atoms with Crippen LogP contribution in [0.2, 0.25) is 0 Å². The first-order valence-corrected chi connectivity index (χ1v) is 7.62. The van der Waals surface area contributed by atoms with Gasteiger partial charge in [0.1, 0.15) is 13.2 Å². The van der Waals surface area contributed by atoms with Crippen molar-refractivity contribution in [2.45, 2.75) is 13.5 Å². The Hall–Kier alpha value is -2.27. The largest absolute Gasteiger partial charge is 0.486 e. The van der Waals surface area contributed by atoms with Crippen molar-refractivity contribution in [1.29, 1.82) is 0 Å². The molecule has 4 nitrogen and oxygen atoms in total. The normalized spacial score (nSPS) is 12.6. The highest BCUT2D eigenvalue weighted by Gasteiger charge is 2.12. The zero-order chi connectivity index (χ0) is 15.4. The summed E-state index contributed by atoms with van der Waals surface area (Å²) >= 11 is 5.34. The van der Waals surface area contributed by atoms with E-state index in [1.807, 2.05) is 30.3 Å². The van der Waals surface area contributed by atoms with Crippen LogP contribution in [0.5, 0.6) is 11.5 Å². The Morgan fingerprint density at radius 1 is 1.09 bits per heavy atom. The summed E-state index contributed by atoms with van der Waals surface area (Å²) in [4.78, 5) is 0. The molecular weight excluding hydrogens is 296 g/mol. The quantitative estimate of drug-likeness (QED) is 0.851. The molecule has 114 valence electrons.